The highest BCUT2D eigenvalue weighted by atomic mass is 32.2. The molecule has 0 aliphatic heterocycles. The molecule has 4 aromatic rings. The highest BCUT2D eigenvalue weighted by Gasteiger charge is 2.34. The number of pyridine rings is 1. The highest BCUT2D eigenvalue weighted by Crippen LogP contribution is 2.40. The molecule has 2 aromatic heterocycles. The first-order valence-electron chi connectivity index (χ1n) is 13.5. The maximum absolute atomic E-state index is 12.5. The molecular formula is C31H37N5O2S. The van der Waals surface area contributed by atoms with Crippen LogP contribution in [0.1, 0.15) is 43.0 Å². The van der Waals surface area contributed by atoms with E-state index in [1.807, 2.05) is 36.4 Å². The molecule has 2 unspecified atom stereocenters. The summed E-state index contributed by atoms with van der Waals surface area (Å²) in [6.45, 7) is 6.03. The lowest BCUT2D eigenvalue weighted by molar-refractivity contribution is 0.599. The van der Waals surface area contributed by atoms with Gasteiger partial charge in [0.2, 0.25) is 10.0 Å². The molecule has 2 aromatic carbocycles. The number of hydrogen-bond acceptors (Lipinski definition) is 5. The Balaban J connectivity index is 1.51. The van der Waals surface area contributed by atoms with Gasteiger partial charge in [-0.05, 0) is 54.0 Å². The molecular weight excluding hydrogens is 506 g/mol. The SMILES string of the molecule is CC1CC1CN(Cc1ccccc1)c1cc(-c2cc([C@@H](C)Cc3ccccc3)[nH]n2)cc(N(C)S(C)(=O)=O)n1. The van der Waals surface area contributed by atoms with Crippen molar-refractivity contribution >= 4 is 21.7 Å². The molecule has 1 fully saturated rings. The predicted molar refractivity (Wildman–Crippen MR) is 158 cm³/mol. The average Bonchev–Trinajstić information content (AvgIpc) is 3.39. The van der Waals surface area contributed by atoms with Crippen molar-refractivity contribution in [3.05, 3.63) is 95.7 Å². The molecule has 0 bridgehead atoms. The first kappa shape index (κ1) is 26.9. The summed E-state index contributed by atoms with van der Waals surface area (Å²) in [6, 6.07) is 26.7. The van der Waals surface area contributed by atoms with Crippen LogP contribution in [-0.4, -0.2) is 43.4 Å². The quantitative estimate of drug-likeness (QED) is 0.256. The average molecular weight is 544 g/mol. The summed E-state index contributed by atoms with van der Waals surface area (Å²) in [5.74, 6) is 2.67. The summed E-state index contributed by atoms with van der Waals surface area (Å²) in [4.78, 5) is 7.14. The van der Waals surface area contributed by atoms with Crippen LogP contribution in [0.4, 0.5) is 11.6 Å². The third-order valence-corrected chi connectivity index (χ3v) is 8.88. The summed E-state index contributed by atoms with van der Waals surface area (Å²) in [5.41, 5.74) is 5.11. The molecule has 204 valence electrons. The van der Waals surface area contributed by atoms with Gasteiger partial charge in [0.15, 0.2) is 0 Å². The number of aromatic amines is 1. The Hall–Kier alpha value is -3.65. The standard InChI is InChI=1S/C31H37N5O2S/c1-22-16-27(22)21-36(20-25-13-9-6-10-14-25)31-18-26(17-30(32-31)35(3)39(4,37)38)29-19-28(33-34-29)23(2)15-24-11-7-5-8-12-24/h5-14,17-19,22-23,27H,15-16,20-21H2,1-4H3,(H,33,34)/t22?,23-,27?/m0/s1. The molecule has 1 aliphatic carbocycles. The first-order chi connectivity index (χ1) is 18.7. The molecule has 1 N–H and O–H groups in total. The summed E-state index contributed by atoms with van der Waals surface area (Å²) in [5, 5.41) is 7.87. The van der Waals surface area contributed by atoms with Crippen LogP contribution in [0.2, 0.25) is 0 Å². The largest absolute Gasteiger partial charge is 0.352 e. The minimum Gasteiger partial charge on any atom is -0.352 e. The van der Waals surface area contributed by atoms with E-state index in [0.29, 0.717) is 24.2 Å². The number of anilines is 2. The Kier molecular flexibility index (Phi) is 7.75. The van der Waals surface area contributed by atoms with Crippen LogP contribution < -0.4 is 9.21 Å². The van der Waals surface area contributed by atoms with E-state index in [1.165, 1.54) is 28.1 Å². The van der Waals surface area contributed by atoms with Crippen molar-refractivity contribution in [2.24, 2.45) is 11.8 Å². The normalized spacial score (nSPS) is 17.5. The maximum atomic E-state index is 12.5. The predicted octanol–water partition coefficient (Wildman–Crippen LogP) is 5.88. The molecule has 1 saturated carbocycles. The Morgan fingerprint density at radius 1 is 0.974 bits per heavy atom. The van der Waals surface area contributed by atoms with Crippen molar-refractivity contribution < 1.29 is 8.42 Å². The van der Waals surface area contributed by atoms with Gasteiger partial charge in [0, 0.05) is 37.3 Å². The fourth-order valence-corrected chi connectivity index (χ4v) is 5.37. The fourth-order valence-electron chi connectivity index (χ4n) is 4.94. The van der Waals surface area contributed by atoms with Crippen LogP contribution in [0.25, 0.3) is 11.3 Å². The van der Waals surface area contributed by atoms with Crippen LogP contribution in [0.3, 0.4) is 0 Å². The maximum Gasteiger partial charge on any atom is 0.233 e. The summed E-state index contributed by atoms with van der Waals surface area (Å²) < 4.78 is 26.2. The number of hydrogen-bond donors (Lipinski definition) is 1. The van der Waals surface area contributed by atoms with E-state index in [-0.39, 0.29) is 5.92 Å². The summed E-state index contributed by atoms with van der Waals surface area (Å²) >= 11 is 0. The molecule has 0 spiro atoms. The molecule has 2 heterocycles. The van der Waals surface area contributed by atoms with Crippen LogP contribution in [-0.2, 0) is 23.0 Å². The van der Waals surface area contributed by atoms with E-state index in [9.17, 15) is 8.42 Å². The third kappa shape index (κ3) is 6.68. The molecule has 1 aliphatic rings. The molecule has 0 amide bonds. The van der Waals surface area contributed by atoms with Gasteiger partial charge in [-0.25, -0.2) is 13.4 Å². The van der Waals surface area contributed by atoms with Gasteiger partial charge in [-0.1, -0.05) is 74.5 Å². The van der Waals surface area contributed by atoms with Gasteiger partial charge in [0.05, 0.1) is 11.9 Å². The van der Waals surface area contributed by atoms with Gasteiger partial charge in [0.1, 0.15) is 11.6 Å². The molecule has 39 heavy (non-hydrogen) atoms. The molecule has 7 nitrogen and oxygen atoms in total. The van der Waals surface area contributed by atoms with Gasteiger partial charge >= 0.3 is 0 Å². The molecule has 5 rings (SSSR count). The monoisotopic (exact) mass is 543 g/mol. The lowest BCUT2D eigenvalue weighted by Gasteiger charge is -2.26. The van der Waals surface area contributed by atoms with Crippen molar-refractivity contribution in [3.8, 4) is 11.3 Å². The van der Waals surface area contributed by atoms with Gasteiger partial charge < -0.3 is 4.90 Å². The minimum absolute atomic E-state index is 0.249. The number of nitrogens with zero attached hydrogens (tertiary/aromatic N) is 4. The number of nitrogens with one attached hydrogen (secondary N) is 1. The van der Waals surface area contributed by atoms with E-state index < -0.39 is 10.0 Å². The summed E-state index contributed by atoms with van der Waals surface area (Å²) in [6.07, 6.45) is 3.30. The third-order valence-electron chi connectivity index (χ3n) is 7.70. The van der Waals surface area contributed by atoms with Crippen molar-refractivity contribution in [1.29, 1.82) is 0 Å². The fraction of sp³-hybridized carbons (Fsp3) is 0.355. The topological polar surface area (TPSA) is 82.2 Å². The van der Waals surface area contributed by atoms with Crippen molar-refractivity contribution in [1.82, 2.24) is 15.2 Å². The Morgan fingerprint density at radius 3 is 2.21 bits per heavy atom. The number of benzene rings is 2. The highest BCUT2D eigenvalue weighted by molar-refractivity contribution is 7.92. The first-order valence-corrected chi connectivity index (χ1v) is 15.4. The van der Waals surface area contributed by atoms with Crippen LogP contribution in [0.15, 0.2) is 78.9 Å². The Morgan fingerprint density at radius 2 is 1.59 bits per heavy atom. The van der Waals surface area contributed by atoms with E-state index in [1.54, 1.807) is 7.05 Å². The second kappa shape index (κ2) is 11.2. The van der Waals surface area contributed by atoms with Crippen LogP contribution in [0, 0.1) is 11.8 Å². The zero-order valence-electron chi connectivity index (χ0n) is 23.1. The van der Waals surface area contributed by atoms with Crippen LogP contribution in [0.5, 0.6) is 0 Å². The van der Waals surface area contributed by atoms with Crippen molar-refractivity contribution in [2.75, 3.05) is 29.1 Å². The van der Waals surface area contributed by atoms with E-state index in [4.69, 9.17) is 4.98 Å². The van der Waals surface area contributed by atoms with Crippen LogP contribution >= 0.6 is 0 Å². The summed E-state index contributed by atoms with van der Waals surface area (Å²) in [7, 11) is -1.95. The van der Waals surface area contributed by atoms with Crippen molar-refractivity contribution in [2.45, 2.75) is 39.2 Å². The molecule has 3 atom stereocenters. The zero-order valence-corrected chi connectivity index (χ0v) is 23.9. The molecule has 0 radical (unpaired) electrons. The van der Waals surface area contributed by atoms with Gasteiger partial charge in [-0.2, -0.15) is 5.10 Å². The van der Waals surface area contributed by atoms with E-state index >= 15 is 0 Å². The Bertz CT molecular complexity index is 1500. The minimum atomic E-state index is -3.49. The van der Waals surface area contributed by atoms with E-state index in [2.05, 4.69) is 71.4 Å². The zero-order chi connectivity index (χ0) is 27.6. The van der Waals surface area contributed by atoms with Gasteiger partial charge in [0.25, 0.3) is 0 Å². The van der Waals surface area contributed by atoms with Crippen molar-refractivity contribution in [3.63, 3.8) is 0 Å². The number of aromatic nitrogens is 3. The molecule has 8 heteroatoms. The van der Waals surface area contributed by atoms with E-state index in [0.717, 1.165) is 35.7 Å². The smallest absolute Gasteiger partial charge is 0.233 e. The second-order valence-corrected chi connectivity index (χ2v) is 13.0. The lowest BCUT2D eigenvalue weighted by Crippen LogP contribution is -2.29. The lowest BCUT2D eigenvalue weighted by atomic mass is 9.97. The molecule has 0 saturated heterocycles. The Labute approximate surface area is 232 Å². The number of sulfonamides is 1. The second-order valence-electron chi connectivity index (χ2n) is 10.9. The number of H-pyrrole nitrogens is 1. The van der Waals surface area contributed by atoms with Gasteiger partial charge in [-0.3, -0.25) is 9.40 Å². The van der Waals surface area contributed by atoms with Gasteiger partial charge in [-0.15, -0.1) is 0 Å². The number of rotatable bonds is 11.